The Morgan fingerprint density at radius 3 is 2.59 bits per heavy atom. The third kappa shape index (κ3) is 3.02. The van der Waals surface area contributed by atoms with Crippen LogP contribution >= 0.6 is 0 Å². The van der Waals surface area contributed by atoms with Gasteiger partial charge in [-0.25, -0.2) is 0 Å². The van der Waals surface area contributed by atoms with Crippen molar-refractivity contribution in [1.82, 2.24) is 10.9 Å². The molecule has 4 nitrogen and oxygen atoms in total. The molecule has 1 unspecified atom stereocenters. The van der Waals surface area contributed by atoms with Crippen molar-refractivity contribution in [2.75, 3.05) is 0 Å². The number of allylic oxidation sites excluding steroid dienone is 1. The van der Waals surface area contributed by atoms with Gasteiger partial charge in [0.05, 0.1) is 5.70 Å². The predicted molar refractivity (Wildman–Crippen MR) is 85.4 cm³/mol. The van der Waals surface area contributed by atoms with Crippen LogP contribution in [0.25, 0.3) is 5.70 Å². The summed E-state index contributed by atoms with van der Waals surface area (Å²) in [5.74, 6) is -0.477. The van der Waals surface area contributed by atoms with Crippen molar-refractivity contribution in [2.24, 2.45) is 0 Å². The molecule has 2 aromatic rings. The molecule has 0 saturated carbocycles. The molecule has 2 aromatic carbocycles. The van der Waals surface area contributed by atoms with Crippen molar-refractivity contribution in [2.45, 2.75) is 18.9 Å². The first-order valence-corrected chi connectivity index (χ1v) is 7.33. The molecule has 0 fully saturated rings. The summed E-state index contributed by atoms with van der Waals surface area (Å²) in [5.41, 5.74) is 9.30. The first-order valence-electron chi connectivity index (χ1n) is 7.33. The lowest BCUT2D eigenvalue weighted by molar-refractivity contribution is -0.130. The summed E-state index contributed by atoms with van der Waals surface area (Å²) < 4.78 is 0. The number of aryl methyl sites for hydroxylation is 1. The molecule has 0 saturated heterocycles. The van der Waals surface area contributed by atoms with E-state index in [9.17, 15) is 9.90 Å². The highest BCUT2D eigenvalue weighted by Gasteiger charge is 2.18. The van der Waals surface area contributed by atoms with E-state index in [1.54, 1.807) is 24.3 Å². The van der Waals surface area contributed by atoms with E-state index in [1.165, 1.54) is 5.56 Å². The molecule has 112 valence electrons. The molecule has 0 bridgehead atoms. The van der Waals surface area contributed by atoms with Gasteiger partial charge < -0.3 is 5.11 Å². The Kier molecular flexibility index (Phi) is 4.21. The van der Waals surface area contributed by atoms with E-state index >= 15 is 0 Å². The minimum absolute atomic E-state index is 0.477. The average Bonchev–Trinajstić information content (AvgIpc) is 2.59. The van der Waals surface area contributed by atoms with E-state index < -0.39 is 12.0 Å². The molecule has 4 heteroatoms. The number of hydrazine groups is 1. The second-order valence-electron chi connectivity index (χ2n) is 5.24. The monoisotopic (exact) mass is 294 g/mol. The fourth-order valence-electron chi connectivity index (χ4n) is 2.59. The summed E-state index contributed by atoms with van der Waals surface area (Å²) in [6.07, 6.45) is 2.80. The Morgan fingerprint density at radius 2 is 1.77 bits per heavy atom. The summed E-state index contributed by atoms with van der Waals surface area (Å²) in [7, 11) is 0. The second-order valence-corrected chi connectivity index (χ2v) is 5.24. The fraction of sp³-hybridized carbons (Fsp3) is 0.167. The third-order valence-electron chi connectivity index (χ3n) is 3.75. The molecule has 0 aliphatic heterocycles. The van der Waals surface area contributed by atoms with Gasteiger partial charge in [0, 0.05) is 5.56 Å². The molecule has 0 aromatic heterocycles. The van der Waals surface area contributed by atoms with E-state index in [0.717, 1.165) is 24.1 Å². The van der Waals surface area contributed by atoms with Gasteiger partial charge in [-0.05, 0) is 24.0 Å². The van der Waals surface area contributed by atoms with Gasteiger partial charge in [0.1, 0.15) is 0 Å². The largest absolute Gasteiger partial charge is 0.378 e. The topological polar surface area (TPSA) is 61.4 Å². The number of carbonyl (C=O) groups is 1. The van der Waals surface area contributed by atoms with E-state index in [1.807, 2.05) is 24.3 Å². The zero-order valence-corrected chi connectivity index (χ0v) is 12.1. The summed E-state index contributed by atoms with van der Waals surface area (Å²) >= 11 is 0. The van der Waals surface area contributed by atoms with Gasteiger partial charge in [0.2, 0.25) is 0 Å². The van der Waals surface area contributed by atoms with Crippen LogP contribution in [0.3, 0.4) is 0 Å². The molecule has 0 radical (unpaired) electrons. The van der Waals surface area contributed by atoms with Crippen LogP contribution in [0.4, 0.5) is 0 Å². The second kappa shape index (κ2) is 6.45. The van der Waals surface area contributed by atoms with Crippen molar-refractivity contribution in [3.05, 3.63) is 77.4 Å². The molecule has 1 aliphatic carbocycles. The number of nitrogens with one attached hydrogen (secondary N) is 2. The highest BCUT2D eigenvalue weighted by molar-refractivity contribution is 5.83. The van der Waals surface area contributed by atoms with Gasteiger partial charge in [-0.3, -0.25) is 15.6 Å². The minimum atomic E-state index is -1.19. The Bertz CT molecular complexity index is 695. The minimum Gasteiger partial charge on any atom is -0.378 e. The van der Waals surface area contributed by atoms with Crippen LogP contribution in [-0.4, -0.2) is 11.0 Å². The van der Waals surface area contributed by atoms with Crippen LogP contribution in [0.5, 0.6) is 0 Å². The number of hydrogen-bond acceptors (Lipinski definition) is 3. The number of fused-ring (bicyclic) bond motifs is 1. The molecule has 1 amide bonds. The number of aliphatic hydroxyl groups excluding tert-OH is 1. The molecule has 1 aliphatic rings. The highest BCUT2D eigenvalue weighted by Crippen LogP contribution is 2.23. The zero-order valence-electron chi connectivity index (χ0n) is 12.1. The Balaban J connectivity index is 1.66. The number of hydrogen-bond donors (Lipinski definition) is 3. The van der Waals surface area contributed by atoms with Crippen LogP contribution in [0.1, 0.15) is 29.2 Å². The quantitative estimate of drug-likeness (QED) is 0.758. The Morgan fingerprint density at radius 1 is 1.05 bits per heavy atom. The van der Waals surface area contributed by atoms with Gasteiger partial charge in [-0.2, -0.15) is 0 Å². The number of benzene rings is 2. The van der Waals surface area contributed by atoms with Crippen molar-refractivity contribution >= 4 is 11.6 Å². The number of aliphatic hydroxyl groups is 1. The van der Waals surface area contributed by atoms with E-state index in [2.05, 4.69) is 23.0 Å². The smallest absolute Gasteiger partial charge is 0.271 e. The summed E-state index contributed by atoms with van der Waals surface area (Å²) in [6, 6.07) is 17.0. The first kappa shape index (κ1) is 14.4. The van der Waals surface area contributed by atoms with E-state index in [0.29, 0.717) is 5.56 Å². The normalized spacial score (nSPS) is 14.5. The van der Waals surface area contributed by atoms with Crippen molar-refractivity contribution in [1.29, 1.82) is 0 Å². The zero-order chi connectivity index (χ0) is 15.4. The number of carbonyl (C=O) groups excluding carboxylic acids is 1. The first-order chi connectivity index (χ1) is 10.8. The molecular formula is C18H18N2O2. The van der Waals surface area contributed by atoms with Gasteiger partial charge >= 0.3 is 0 Å². The van der Waals surface area contributed by atoms with Gasteiger partial charge in [0.25, 0.3) is 5.91 Å². The Labute approximate surface area is 129 Å². The lowest BCUT2D eigenvalue weighted by Crippen LogP contribution is -2.39. The Hall–Kier alpha value is -2.59. The average molecular weight is 294 g/mol. The van der Waals surface area contributed by atoms with Crippen molar-refractivity contribution < 1.29 is 9.90 Å². The summed E-state index contributed by atoms with van der Waals surface area (Å²) in [6.45, 7) is 0. The molecule has 3 rings (SSSR count). The van der Waals surface area contributed by atoms with Crippen LogP contribution in [0.15, 0.2) is 60.7 Å². The molecule has 1 atom stereocenters. The fourth-order valence-corrected chi connectivity index (χ4v) is 2.59. The van der Waals surface area contributed by atoms with Crippen LogP contribution in [-0.2, 0) is 11.2 Å². The lowest BCUT2D eigenvalue weighted by atomic mass is 9.95. The standard InChI is InChI=1S/C18H18N2O2/c21-17(14-8-2-1-3-9-14)18(22)20-19-16-12-6-10-13-7-4-5-11-15(13)16/h1-5,7-9,11-12,17,19,21H,6,10H2,(H,20,22). The van der Waals surface area contributed by atoms with Gasteiger partial charge in [-0.15, -0.1) is 0 Å². The molecular weight excluding hydrogens is 276 g/mol. The van der Waals surface area contributed by atoms with Crippen molar-refractivity contribution in [3.8, 4) is 0 Å². The van der Waals surface area contributed by atoms with Crippen LogP contribution < -0.4 is 10.9 Å². The molecule has 3 N–H and O–H groups in total. The van der Waals surface area contributed by atoms with Gasteiger partial charge in [-0.1, -0.05) is 60.7 Å². The molecule has 0 spiro atoms. The summed E-state index contributed by atoms with van der Waals surface area (Å²) in [4.78, 5) is 12.0. The summed E-state index contributed by atoms with van der Waals surface area (Å²) in [5, 5.41) is 10.0. The van der Waals surface area contributed by atoms with Gasteiger partial charge in [0.15, 0.2) is 6.10 Å². The van der Waals surface area contributed by atoms with Crippen molar-refractivity contribution in [3.63, 3.8) is 0 Å². The van der Waals surface area contributed by atoms with Crippen LogP contribution in [0, 0.1) is 0 Å². The maximum atomic E-state index is 12.0. The number of amides is 1. The van der Waals surface area contributed by atoms with Crippen LogP contribution in [0.2, 0.25) is 0 Å². The SMILES string of the molecule is O=C(NNC1=CCCc2ccccc21)C(O)c1ccccc1. The predicted octanol–water partition coefficient (Wildman–Crippen LogP) is 2.33. The maximum Gasteiger partial charge on any atom is 0.271 e. The highest BCUT2D eigenvalue weighted by atomic mass is 16.3. The molecule has 0 heterocycles. The van der Waals surface area contributed by atoms with E-state index in [4.69, 9.17) is 0 Å². The lowest BCUT2D eigenvalue weighted by Gasteiger charge is -2.20. The molecule has 22 heavy (non-hydrogen) atoms. The van der Waals surface area contributed by atoms with E-state index in [-0.39, 0.29) is 0 Å². The number of rotatable bonds is 4. The maximum absolute atomic E-state index is 12.0. The third-order valence-corrected chi connectivity index (χ3v) is 3.75.